The number of fused-ring (bicyclic) bond motifs is 1. The molecule has 0 spiro atoms. The Hall–Kier alpha value is -2.42. The molecule has 4 N–H and O–H groups in total. The van der Waals surface area contributed by atoms with Crippen molar-refractivity contribution in [3.63, 3.8) is 0 Å². The maximum absolute atomic E-state index is 12.9. The molecule has 0 bridgehead atoms. The van der Waals surface area contributed by atoms with Crippen LogP contribution in [0.3, 0.4) is 0 Å². The van der Waals surface area contributed by atoms with Gasteiger partial charge in [0, 0.05) is 11.6 Å². The van der Waals surface area contributed by atoms with Gasteiger partial charge in [0.25, 0.3) is 0 Å². The Morgan fingerprint density at radius 3 is 2.83 bits per heavy atom. The van der Waals surface area contributed by atoms with E-state index in [9.17, 15) is 19.4 Å². The molecule has 0 radical (unpaired) electrons. The van der Waals surface area contributed by atoms with Crippen molar-refractivity contribution in [1.29, 1.82) is 0 Å². The summed E-state index contributed by atoms with van der Waals surface area (Å²) in [5.41, 5.74) is 3.69. The third-order valence-electron chi connectivity index (χ3n) is 5.26. The van der Waals surface area contributed by atoms with E-state index in [4.69, 9.17) is 14.7 Å². The number of carboxylic acid groups (broad SMARTS) is 1. The number of ether oxygens (including phenoxy) is 1. The minimum absolute atomic E-state index is 0.0269. The average Bonchev–Trinajstić information content (AvgIpc) is 3.19. The van der Waals surface area contributed by atoms with E-state index in [2.05, 4.69) is 5.48 Å². The fraction of sp³-hybridized carbons (Fsp3) is 0.476. The van der Waals surface area contributed by atoms with Crippen molar-refractivity contribution >= 4 is 5.97 Å². The summed E-state index contributed by atoms with van der Waals surface area (Å²) in [7, 11) is 0. The van der Waals surface area contributed by atoms with E-state index in [1.54, 1.807) is 6.08 Å². The molecular weight excluding hydrogens is 381 g/mol. The number of aliphatic carboxylic acids is 1. The molecular formula is C21H26FNO6. The van der Waals surface area contributed by atoms with Crippen LogP contribution >= 0.6 is 0 Å². The highest BCUT2D eigenvalue weighted by atomic mass is 19.1. The summed E-state index contributed by atoms with van der Waals surface area (Å²) in [5.74, 6) is -0.529. The molecule has 1 aromatic rings. The van der Waals surface area contributed by atoms with E-state index in [0.29, 0.717) is 12.2 Å². The van der Waals surface area contributed by atoms with Crippen LogP contribution in [0.4, 0.5) is 4.39 Å². The number of rotatable bonds is 10. The standard InChI is InChI=1S/C21H26FNO6/c22-14-1-4-17(5-2-14)28-12-16(24)3-6-18-19-11-15(9-13(19)10-20(18)25)23-29-8-7-21(26)27/h1-6,11,13,16,18-20,23-25H,7-10,12H2,(H,26,27)/t13-,16?,18+,19+,20+/m0/s1. The second-order valence-electron chi connectivity index (χ2n) is 7.43. The smallest absolute Gasteiger partial charge is 0.305 e. The van der Waals surface area contributed by atoms with Crippen LogP contribution < -0.4 is 10.2 Å². The van der Waals surface area contributed by atoms with Gasteiger partial charge in [0.1, 0.15) is 24.3 Å². The number of aliphatic hydroxyl groups is 2. The quantitative estimate of drug-likeness (QED) is 0.267. The first-order valence-electron chi connectivity index (χ1n) is 9.65. The van der Waals surface area contributed by atoms with Crippen molar-refractivity contribution in [1.82, 2.24) is 5.48 Å². The highest BCUT2D eigenvalue weighted by molar-refractivity contribution is 5.66. The van der Waals surface area contributed by atoms with Crippen molar-refractivity contribution in [2.45, 2.75) is 31.5 Å². The first kappa shape index (κ1) is 21.3. The zero-order valence-corrected chi connectivity index (χ0v) is 15.9. The summed E-state index contributed by atoms with van der Waals surface area (Å²) in [5, 5.41) is 29.1. The Bertz CT molecular complexity index is 750. The van der Waals surface area contributed by atoms with E-state index in [1.165, 1.54) is 24.3 Å². The van der Waals surface area contributed by atoms with Gasteiger partial charge < -0.3 is 20.1 Å². The molecule has 0 amide bonds. The molecule has 0 aromatic heterocycles. The molecule has 1 aromatic carbocycles. The number of carbonyl (C=O) groups is 1. The number of benzene rings is 1. The molecule has 3 rings (SSSR count). The van der Waals surface area contributed by atoms with Gasteiger partial charge >= 0.3 is 5.97 Å². The lowest BCUT2D eigenvalue weighted by atomic mass is 9.91. The lowest BCUT2D eigenvalue weighted by molar-refractivity contribution is -0.138. The van der Waals surface area contributed by atoms with Crippen LogP contribution in [0, 0.1) is 23.6 Å². The van der Waals surface area contributed by atoms with E-state index in [1.807, 2.05) is 12.2 Å². The van der Waals surface area contributed by atoms with Gasteiger partial charge in [-0.3, -0.25) is 15.1 Å². The van der Waals surface area contributed by atoms with E-state index >= 15 is 0 Å². The van der Waals surface area contributed by atoms with Gasteiger partial charge in [0.15, 0.2) is 0 Å². The zero-order valence-electron chi connectivity index (χ0n) is 15.9. The zero-order chi connectivity index (χ0) is 20.8. The van der Waals surface area contributed by atoms with Gasteiger partial charge in [0.2, 0.25) is 0 Å². The number of aliphatic hydroxyl groups excluding tert-OH is 2. The highest BCUT2D eigenvalue weighted by Gasteiger charge is 2.43. The Morgan fingerprint density at radius 1 is 1.34 bits per heavy atom. The summed E-state index contributed by atoms with van der Waals surface area (Å²) in [6.07, 6.45) is 5.41. The van der Waals surface area contributed by atoms with Crippen molar-refractivity contribution in [3.8, 4) is 5.75 Å². The van der Waals surface area contributed by atoms with Crippen LogP contribution in [-0.2, 0) is 9.63 Å². The van der Waals surface area contributed by atoms with Gasteiger partial charge in [-0.25, -0.2) is 4.39 Å². The summed E-state index contributed by atoms with van der Waals surface area (Å²) < 4.78 is 18.3. The minimum atomic E-state index is -0.917. The maximum atomic E-state index is 12.9. The summed E-state index contributed by atoms with van der Waals surface area (Å²) in [6, 6.07) is 5.56. The number of allylic oxidation sites excluding steroid dienone is 2. The van der Waals surface area contributed by atoms with Gasteiger partial charge in [-0.2, -0.15) is 0 Å². The first-order valence-corrected chi connectivity index (χ1v) is 9.65. The number of carboxylic acids is 1. The fourth-order valence-electron chi connectivity index (χ4n) is 3.88. The van der Waals surface area contributed by atoms with Gasteiger partial charge in [-0.15, -0.1) is 0 Å². The minimum Gasteiger partial charge on any atom is -0.491 e. The van der Waals surface area contributed by atoms with Gasteiger partial charge in [-0.05, 0) is 48.9 Å². The second kappa shape index (κ2) is 9.87. The Labute approximate surface area is 168 Å². The summed E-state index contributed by atoms with van der Waals surface area (Å²) in [4.78, 5) is 15.7. The predicted octanol–water partition coefficient (Wildman–Crippen LogP) is 2.02. The largest absolute Gasteiger partial charge is 0.491 e. The normalized spacial score (nSPS) is 26.9. The fourth-order valence-corrected chi connectivity index (χ4v) is 3.88. The predicted molar refractivity (Wildman–Crippen MR) is 102 cm³/mol. The van der Waals surface area contributed by atoms with Crippen LogP contribution in [-0.4, -0.2) is 46.7 Å². The van der Waals surface area contributed by atoms with E-state index < -0.39 is 18.2 Å². The Balaban J connectivity index is 1.48. The molecule has 8 heteroatoms. The summed E-state index contributed by atoms with van der Waals surface area (Å²) >= 11 is 0. The molecule has 1 saturated carbocycles. The van der Waals surface area contributed by atoms with Crippen molar-refractivity contribution < 1.29 is 34.1 Å². The molecule has 1 fully saturated rings. The molecule has 0 aliphatic heterocycles. The van der Waals surface area contributed by atoms with Crippen LogP contribution in [0.15, 0.2) is 48.2 Å². The van der Waals surface area contributed by atoms with Crippen molar-refractivity contribution in [2.75, 3.05) is 13.2 Å². The summed E-state index contributed by atoms with van der Waals surface area (Å²) in [6.45, 7) is 0.104. The number of hydroxylamine groups is 1. The highest BCUT2D eigenvalue weighted by Crippen LogP contribution is 2.46. The molecule has 0 heterocycles. The molecule has 29 heavy (non-hydrogen) atoms. The SMILES string of the molecule is O=C(O)CCONC1=C[C@@H]2[C@@H](C1)C[C@@H](O)[C@@H]2C=CC(O)COc1ccc(F)cc1. The molecule has 0 saturated heterocycles. The number of hydrogen-bond acceptors (Lipinski definition) is 6. The lowest BCUT2D eigenvalue weighted by Crippen LogP contribution is -2.19. The van der Waals surface area contributed by atoms with Crippen LogP contribution in [0.25, 0.3) is 0 Å². The van der Waals surface area contributed by atoms with Gasteiger partial charge in [-0.1, -0.05) is 18.2 Å². The Morgan fingerprint density at radius 2 is 2.10 bits per heavy atom. The van der Waals surface area contributed by atoms with Crippen LogP contribution in [0.1, 0.15) is 19.3 Å². The molecule has 1 unspecified atom stereocenters. The van der Waals surface area contributed by atoms with E-state index in [0.717, 1.165) is 12.1 Å². The number of halogens is 1. The monoisotopic (exact) mass is 407 g/mol. The first-order chi connectivity index (χ1) is 13.9. The maximum Gasteiger partial charge on any atom is 0.305 e. The average molecular weight is 407 g/mol. The Kier molecular flexibility index (Phi) is 7.24. The number of nitrogens with one attached hydrogen (secondary N) is 1. The molecule has 158 valence electrons. The lowest BCUT2D eigenvalue weighted by Gasteiger charge is -2.16. The van der Waals surface area contributed by atoms with Crippen LogP contribution in [0.2, 0.25) is 0 Å². The molecule has 7 nitrogen and oxygen atoms in total. The van der Waals surface area contributed by atoms with Gasteiger partial charge in [0.05, 0.1) is 19.1 Å². The number of hydrogen-bond donors (Lipinski definition) is 4. The molecule has 2 aliphatic carbocycles. The van der Waals surface area contributed by atoms with Crippen LogP contribution in [0.5, 0.6) is 5.75 Å². The third-order valence-corrected chi connectivity index (χ3v) is 5.26. The van der Waals surface area contributed by atoms with E-state index in [-0.39, 0.29) is 43.2 Å². The van der Waals surface area contributed by atoms with Crippen molar-refractivity contribution in [2.24, 2.45) is 17.8 Å². The second-order valence-corrected chi connectivity index (χ2v) is 7.43. The molecule has 2 aliphatic rings. The molecule has 5 atom stereocenters. The topological polar surface area (TPSA) is 108 Å². The third kappa shape index (κ3) is 6.03. The van der Waals surface area contributed by atoms with Crippen molar-refractivity contribution in [3.05, 3.63) is 54.0 Å².